The molecule has 0 radical (unpaired) electrons. The molecule has 0 fully saturated rings. The Balaban J connectivity index is 4.93. The SMILES string of the molecule is CC(NC(=O)C(NC(=O)C(N)CC(=O)O)C(C)O)C(=O)NC(CCCCN)C(=O)O. The fourth-order valence-corrected chi connectivity index (χ4v) is 2.36. The zero-order valence-corrected chi connectivity index (χ0v) is 17.0. The molecule has 13 heteroatoms. The van der Waals surface area contributed by atoms with Gasteiger partial charge in [0, 0.05) is 0 Å². The van der Waals surface area contributed by atoms with Crippen LogP contribution in [0.5, 0.6) is 0 Å². The molecule has 0 saturated heterocycles. The van der Waals surface area contributed by atoms with Gasteiger partial charge in [-0.25, -0.2) is 4.79 Å². The number of nitrogens with one attached hydrogen (secondary N) is 3. The summed E-state index contributed by atoms with van der Waals surface area (Å²) in [5, 5.41) is 34.3. The highest BCUT2D eigenvalue weighted by Gasteiger charge is 2.31. The second kappa shape index (κ2) is 13.5. The molecule has 0 aromatic heterocycles. The molecular formula is C17H31N5O8. The molecular weight excluding hydrogens is 402 g/mol. The zero-order valence-electron chi connectivity index (χ0n) is 17.0. The Bertz CT molecular complexity index is 627. The highest BCUT2D eigenvalue weighted by Crippen LogP contribution is 2.02. The third-order valence-corrected chi connectivity index (χ3v) is 4.11. The predicted octanol–water partition coefficient (Wildman–Crippen LogP) is -3.14. The number of hydrogen-bond acceptors (Lipinski definition) is 8. The fraction of sp³-hybridized carbons (Fsp3) is 0.706. The topological polar surface area (TPSA) is 234 Å². The van der Waals surface area contributed by atoms with Crippen LogP contribution in [-0.2, 0) is 24.0 Å². The Labute approximate surface area is 173 Å². The van der Waals surface area contributed by atoms with Gasteiger partial charge in [0.15, 0.2) is 0 Å². The van der Waals surface area contributed by atoms with Crippen molar-refractivity contribution in [3.05, 3.63) is 0 Å². The largest absolute Gasteiger partial charge is 0.481 e. The maximum atomic E-state index is 12.4. The molecule has 5 unspecified atom stereocenters. The summed E-state index contributed by atoms with van der Waals surface area (Å²) in [6.45, 7) is 2.88. The van der Waals surface area contributed by atoms with E-state index in [4.69, 9.17) is 16.6 Å². The third kappa shape index (κ3) is 10.1. The van der Waals surface area contributed by atoms with E-state index in [1.165, 1.54) is 13.8 Å². The molecule has 10 N–H and O–H groups in total. The molecule has 30 heavy (non-hydrogen) atoms. The van der Waals surface area contributed by atoms with E-state index in [1.54, 1.807) is 0 Å². The first-order chi connectivity index (χ1) is 13.9. The van der Waals surface area contributed by atoms with Crippen LogP contribution >= 0.6 is 0 Å². The van der Waals surface area contributed by atoms with E-state index in [-0.39, 0.29) is 6.42 Å². The van der Waals surface area contributed by atoms with E-state index in [2.05, 4.69) is 16.0 Å². The van der Waals surface area contributed by atoms with E-state index in [0.29, 0.717) is 19.4 Å². The molecule has 0 aromatic carbocycles. The molecule has 0 bridgehead atoms. The first-order valence-electron chi connectivity index (χ1n) is 9.40. The van der Waals surface area contributed by atoms with Crippen LogP contribution in [0.2, 0.25) is 0 Å². The lowest BCUT2D eigenvalue weighted by molar-refractivity contribution is -0.142. The quantitative estimate of drug-likeness (QED) is 0.128. The number of rotatable bonds is 14. The Hall–Kier alpha value is -2.77. The van der Waals surface area contributed by atoms with Crippen molar-refractivity contribution in [1.82, 2.24) is 16.0 Å². The smallest absolute Gasteiger partial charge is 0.326 e. The Morgan fingerprint density at radius 1 is 0.900 bits per heavy atom. The fourth-order valence-electron chi connectivity index (χ4n) is 2.36. The first kappa shape index (κ1) is 27.2. The highest BCUT2D eigenvalue weighted by atomic mass is 16.4. The summed E-state index contributed by atoms with van der Waals surface area (Å²) in [5.41, 5.74) is 10.8. The van der Waals surface area contributed by atoms with Crippen LogP contribution in [0.3, 0.4) is 0 Å². The lowest BCUT2D eigenvalue weighted by Crippen LogP contribution is -2.59. The van der Waals surface area contributed by atoms with Crippen LogP contribution in [0.15, 0.2) is 0 Å². The normalized spacial score (nSPS) is 15.8. The lowest BCUT2D eigenvalue weighted by atomic mass is 10.1. The van der Waals surface area contributed by atoms with Crippen molar-refractivity contribution in [1.29, 1.82) is 0 Å². The number of aliphatic carboxylic acids is 2. The van der Waals surface area contributed by atoms with Crippen LogP contribution in [-0.4, -0.2) is 81.8 Å². The molecule has 5 atom stereocenters. The molecule has 13 nitrogen and oxygen atoms in total. The van der Waals surface area contributed by atoms with Gasteiger partial charge in [-0.15, -0.1) is 0 Å². The minimum atomic E-state index is -1.51. The number of carboxylic acid groups (broad SMARTS) is 2. The van der Waals surface area contributed by atoms with Crippen molar-refractivity contribution in [2.75, 3.05) is 6.54 Å². The number of nitrogens with two attached hydrogens (primary N) is 2. The van der Waals surface area contributed by atoms with E-state index >= 15 is 0 Å². The van der Waals surface area contributed by atoms with Crippen molar-refractivity contribution in [3.8, 4) is 0 Å². The van der Waals surface area contributed by atoms with E-state index in [9.17, 15) is 34.2 Å². The summed E-state index contributed by atoms with van der Waals surface area (Å²) < 4.78 is 0. The molecule has 0 aliphatic carbocycles. The third-order valence-electron chi connectivity index (χ3n) is 4.11. The molecule has 0 rings (SSSR count). The highest BCUT2D eigenvalue weighted by molar-refractivity contribution is 5.94. The average molecular weight is 433 g/mol. The second-order valence-corrected chi connectivity index (χ2v) is 6.85. The molecule has 0 aliphatic rings. The number of hydrogen-bond donors (Lipinski definition) is 8. The summed E-state index contributed by atoms with van der Waals surface area (Å²) in [7, 11) is 0. The molecule has 172 valence electrons. The average Bonchev–Trinajstić information content (AvgIpc) is 2.63. The van der Waals surface area contributed by atoms with Crippen LogP contribution in [0.1, 0.15) is 39.5 Å². The van der Waals surface area contributed by atoms with Gasteiger partial charge in [0.25, 0.3) is 0 Å². The second-order valence-electron chi connectivity index (χ2n) is 6.85. The van der Waals surface area contributed by atoms with Crippen LogP contribution in [0.4, 0.5) is 0 Å². The molecule has 0 saturated carbocycles. The number of carbonyl (C=O) groups is 5. The minimum Gasteiger partial charge on any atom is -0.481 e. The summed E-state index contributed by atoms with van der Waals surface area (Å²) in [6, 6.07) is -5.29. The van der Waals surface area contributed by atoms with Crippen LogP contribution in [0, 0.1) is 0 Å². The van der Waals surface area contributed by atoms with Gasteiger partial charge in [-0.3, -0.25) is 19.2 Å². The predicted molar refractivity (Wildman–Crippen MR) is 104 cm³/mol. The molecule has 3 amide bonds. The molecule has 0 aromatic rings. The molecule has 0 heterocycles. The lowest BCUT2D eigenvalue weighted by Gasteiger charge is -2.24. The summed E-state index contributed by atoms with van der Waals surface area (Å²) in [6.07, 6.45) is -0.830. The van der Waals surface area contributed by atoms with Gasteiger partial charge < -0.3 is 42.7 Å². The van der Waals surface area contributed by atoms with Crippen molar-refractivity contribution in [3.63, 3.8) is 0 Å². The maximum absolute atomic E-state index is 12.4. The van der Waals surface area contributed by atoms with Gasteiger partial charge in [-0.05, 0) is 39.7 Å². The number of carbonyl (C=O) groups excluding carboxylic acids is 3. The van der Waals surface area contributed by atoms with Crippen LogP contribution in [0.25, 0.3) is 0 Å². The maximum Gasteiger partial charge on any atom is 0.326 e. The van der Waals surface area contributed by atoms with Gasteiger partial charge in [0.2, 0.25) is 17.7 Å². The number of carboxylic acids is 2. The van der Waals surface area contributed by atoms with Gasteiger partial charge in [0.05, 0.1) is 18.6 Å². The number of unbranched alkanes of at least 4 members (excludes halogenated alkanes) is 1. The monoisotopic (exact) mass is 433 g/mol. The minimum absolute atomic E-state index is 0.159. The summed E-state index contributed by atoms with van der Waals surface area (Å²) in [4.78, 5) is 58.4. The first-order valence-corrected chi connectivity index (χ1v) is 9.40. The summed E-state index contributed by atoms with van der Waals surface area (Å²) in [5.74, 6) is -5.23. The Morgan fingerprint density at radius 2 is 1.50 bits per heavy atom. The number of amides is 3. The van der Waals surface area contributed by atoms with Gasteiger partial charge >= 0.3 is 11.9 Å². The van der Waals surface area contributed by atoms with Crippen LogP contribution < -0.4 is 27.4 Å². The summed E-state index contributed by atoms with van der Waals surface area (Å²) >= 11 is 0. The van der Waals surface area contributed by atoms with E-state index in [1.807, 2.05) is 0 Å². The van der Waals surface area contributed by atoms with E-state index in [0.717, 1.165) is 0 Å². The van der Waals surface area contributed by atoms with Crippen molar-refractivity contribution in [2.45, 2.75) is 69.8 Å². The Morgan fingerprint density at radius 3 is 1.97 bits per heavy atom. The number of aliphatic hydroxyl groups excluding tert-OH is 1. The standard InChI is InChI=1S/C17H31N5O8/c1-8(14(26)21-11(17(29)30)5-3-4-6-18)20-16(28)13(9(2)23)22-15(27)10(19)7-12(24)25/h8-11,13,23H,3-7,18-19H2,1-2H3,(H,20,28)(H,21,26)(H,22,27)(H,24,25)(H,29,30). The molecule has 0 spiro atoms. The van der Waals surface area contributed by atoms with E-state index < -0.39 is 66.4 Å². The van der Waals surface area contributed by atoms with Crippen molar-refractivity contribution in [2.24, 2.45) is 11.5 Å². The molecule has 0 aliphatic heterocycles. The van der Waals surface area contributed by atoms with Gasteiger partial charge in [-0.2, -0.15) is 0 Å². The van der Waals surface area contributed by atoms with Crippen molar-refractivity contribution >= 4 is 29.7 Å². The van der Waals surface area contributed by atoms with Crippen molar-refractivity contribution < 1.29 is 39.3 Å². The number of aliphatic hydroxyl groups is 1. The Kier molecular flexibility index (Phi) is 12.2. The zero-order chi connectivity index (χ0) is 23.4. The van der Waals surface area contributed by atoms with Gasteiger partial charge in [0.1, 0.15) is 18.1 Å². The van der Waals surface area contributed by atoms with Gasteiger partial charge in [-0.1, -0.05) is 0 Å².